The molecule has 0 spiro atoms. The van der Waals surface area contributed by atoms with Crippen molar-refractivity contribution in [3.8, 4) is 11.4 Å². The van der Waals surface area contributed by atoms with Gasteiger partial charge < -0.3 is 9.88 Å². The van der Waals surface area contributed by atoms with Crippen LogP contribution in [0.1, 0.15) is 58.7 Å². The highest BCUT2D eigenvalue weighted by molar-refractivity contribution is 7.10. The number of hydrogen-bond donors (Lipinski definition) is 1. The number of nitrogens with zero attached hydrogens (tertiary/aromatic N) is 3. The van der Waals surface area contributed by atoms with Gasteiger partial charge in [0.2, 0.25) is 0 Å². The van der Waals surface area contributed by atoms with Gasteiger partial charge in [-0.3, -0.25) is 4.79 Å². The predicted octanol–water partition coefficient (Wildman–Crippen LogP) is 5.00. The number of rotatable bonds is 3. The zero-order valence-corrected chi connectivity index (χ0v) is 17.0. The average molecular weight is 411 g/mol. The third-order valence-electron chi connectivity index (χ3n) is 5.89. The van der Waals surface area contributed by atoms with E-state index in [-0.39, 0.29) is 11.6 Å². The number of halogens is 1. The second-order valence-electron chi connectivity index (χ2n) is 7.81. The highest BCUT2D eigenvalue weighted by Crippen LogP contribution is 2.32. The summed E-state index contributed by atoms with van der Waals surface area (Å²) >= 11 is 1.64. The number of carbonyl (C=O) groups excluding carboxylic acids is 1. The van der Waals surface area contributed by atoms with Crippen molar-refractivity contribution in [3.05, 3.63) is 51.2 Å². The van der Waals surface area contributed by atoms with Gasteiger partial charge in [-0.2, -0.15) is 0 Å². The minimum atomic E-state index is -0.443. The second kappa shape index (κ2) is 7.71. The molecule has 2 aliphatic rings. The second-order valence-corrected chi connectivity index (χ2v) is 8.77. The predicted molar refractivity (Wildman–Crippen MR) is 112 cm³/mol. The van der Waals surface area contributed by atoms with E-state index in [9.17, 15) is 9.18 Å². The number of benzene rings is 1. The minimum Gasteiger partial charge on any atom is -0.319 e. The molecule has 0 saturated heterocycles. The molecule has 150 valence electrons. The van der Waals surface area contributed by atoms with Crippen molar-refractivity contribution in [1.29, 1.82) is 0 Å². The van der Waals surface area contributed by atoms with E-state index in [2.05, 4.69) is 20.1 Å². The summed E-state index contributed by atoms with van der Waals surface area (Å²) in [5, 5.41) is 13.4. The highest BCUT2D eigenvalue weighted by atomic mass is 32.1. The number of fused-ring (bicyclic) bond motifs is 2. The standard InChI is InChI=1S/C22H23FN4OS/c23-17-10-9-14(21-26-25-20-8-2-1-5-11-27(20)21)12-18(17)24-22(28)16-13-29-19-7-4-3-6-15(16)19/h9-10,12-13H,1-8,11H2,(H,24,28). The first-order valence-corrected chi connectivity index (χ1v) is 11.2. The van der Waals surface area contributed by atoms with Crippen LogP contribution in [0.2, 0.25) is 0 Å². The lowest BCUT2D eigenvalue weighted by Crippen LogP contribution is -2.15. The van der Waals surface area contributed by atoms with E-state index in [1.54, 1.807) is 23.5 Å². The Bertz CT molecular complexity index is 1070. The fraction of sp³-hybridized carbons (Fsp3) is 0.409. The molecule has 0 saturated carbocycles. The molecule has 3 aromatic rings. The van der Waals surface area contributed by atoms with Crippen LogP contribution < -0.4 is 5.32 Å². The molecule has 7 heteroatoms. The van der Waals surface area contributed by atoms with E-state index in [0.29, 0.717) is 5.56 Å². The molecule has 1 aromatic carbocycles. The summed E-state index contributed by atoms with van der Waals surface area (Å²) in [6.45, 7) is 0.873. The van der Waals surface area contributed by atoms with Crippen molar-refractivity contribution in [2.45, 2.75) is 57.9 Å². The first-order valence-electron chi connectivity index (χ1n) is 10.3. The van der Waals surface area contributed by atoms with Crippen LogP contribution in [0.4, 0.5) is 10.1 Å². The third kappa shape index (κ3) is 3.48. The molecular formula is C22H23FN4OS. The average Bonchev–Trinajstić information content (AvgIpc) is 3.27. The molecule has 0 unspecified atom stereocenters. The highest BCUT2D eigenvalue weighted by Gasteiger charge is 2.22. The van der Waals surface area contributed by atoms with Crippen molar-refractivity contribution in [3.63, 3.8) is 0 Å². The molecule has 0 atom stereocenters. The van der Waals surface area contributed by atoms with Crippen LogP contribution >= 0.6 is 11.3 Å². The lowest BCUT2D eigenvalue weighted by molar-refractivity contribution is 0.102. The Morgan fingerprint density at radius 2 is 1.93 bits per heavy atom. The molecule has 5 nitrogen and oxygen atoms in total. The molecule has 1 amide bonds. The van der Waals surface area contributed by atoms with Crippen molar-refractivity contribution in [2.75, 3.05) is 5.32 Å². The van der Waals surface area contributed by atoms with Crippen LogP contribution in [0.15, 0.2) is 23.6 Å². The number of aryl methyl sites for hydroxylation is 2. The van der Waals surface area contributed by atoms with Crippen molar-refractivity contribution < 1.29 is 9.18 Å². The largest absolute Gasteiger partial charge is 0.319 e. The van der Waals surface area contributed by atoms with Crippen LogP contribution in [0.25, 0.3) is 11.4 Å². The molecule has 0 radical (unpaired) electrons. The molecule has 29 heavy (non-hydrogen) atoms. The quantitative estimate of drug-likeness (QED) is 0.661. The van der Waals surface area contributed by atoms with Gasteiger partial charge in [0, 0.05) is 28.8 Å². The van der Waals surface area contributed by atoms with Crippen molar-refractivity contribution >= 4 is 22.9 Å². The number of nitrogens with one attached hydrogen (secondary N) is 1. The van der Waals surface area contributed by atoms with Gasteiger partial charge in [-0.1, -0.05) is 6.42 Å². The lowest BCUT2D eigenvalue weighted by atomic mass is 9.95. The molecule has 0 fully saturated rings. The Balaban J connectivity index is 1.44. The van der Waals surface area contributed by atoms with Gasteiger partial charge in [0.25, 0.3) is 5.91 Å². The van der Waals surface area contributed by atoms with Gasteiger partial charge >= 0.3 is 0 Å². The van der Waals surface area contributed by atoms with Crippen LogP contribution in [-0.2, 0) is 25.8 Å². The fourth-order valence-electron chi connectivity index (χ4n) is 4.33. The fourth-order valence-corrected chi connectivity index (χ4v) is 5.46. The van der Waals surface area contributed by atoms with Gasteiger partial charge in [-0.15, -0.1) is 21.5 Å². The van der Waals surface area contributed by atoms with E-state index >= 15 is 0 Å². The SMILES string of the molecule is O=C(Nc1cc(-c2nnc3n2CCCCC3)ccc1F)c1csc2c1CCCC2. The summed E-state index contributed by atoms with van der Waals surface area (Å²) in [4.78, 5) is 14.2. The molecular weight excluding hydrogens is 387 g/mol. The van der Waals surface area contributed by atoms with Gasteiger partial charge in [-0.05, 0) is 62.3 Å². The van der Waals surface area contributed by atoms with Gasteiger partial charge in [0.05, 0.1) is 11.3 Å². The first-order chi connectivity index (χ1) is 14.2. The van der Waals surface area contributed by atoms with E-state index in [1.165, 1.54) is 23.8 Å². The van der Waals surface area contributed by atoms with E-state index in [1.807, 2.05) is 5.38 Å². The van der Waals surface area contributed by atoms with Gasteiger partial charge in [0.15, 0.2) is 5.82 Å². The zero-order valence-electron chi connectivity index (χ0n) is 16.2. The summed E-state index contributed by atoms with van der Waals surface area (Å²) < 4.78 is 16.6. The molecule has 1 aliphatic heterocycles. The maximum absolute atomic E-state index is 14.5. The summed E-state index contributed by atoms with van der Waals surface area (Å²) in [5.41, 5.74) is 2.79. The van der Waals surface area contributed by atoms with Crippen LogP contribution in [0.5, 0.6) is 0 Å². The minimum absolute atomic E-state index is 0.189. The summed E-state index contributed by atoms with van der Waals surface area (Å²) in [6.07, 6.45) is 8.55. The van der Waals surface area contributed by atoms with E-state index in [0.717, 1.165) is 67.8 Å². The monoisotopic (exact) mass is 410 g/mol. The van der Waals surface area contributed by atoms with Crippen molar-refractivity contribution in [2.24, 2.45) is 0 Å². The molecule has 1 N–H and O–H groups in total. The number of carbonyl (C=O) groups is 1. The molecule has 1 aliphatic carbocycles. The number of aromatic nitrogens is 3. The van der Waals surface area contributed by atoms with Gasteiger partial charge in [-0.25, -0.2) is 4.39 Å². The van der Waals surface area contributed by atoms with E-state index < -0.39 is 5.82 Å². The summed E-state index contributed by atoms with van der Waals surface area (Å²) in [7, 11) is 0. The maximum atomic E-state index is 14.5. The van der Waals surface area contributed by atoms with Crippen molar-refractivity contribution in [1.82, 2.24) is 14.8 Å². The number of thiophene rings is 1. The van der Waals surface area contributed by atoms with Crippen LogP contribution in [0.3, 0.4) is 0 Å². The number of amides is 1. The molecule has 0 bridgehead atoms. The Kier molecular flexibility index (Phi) is 4.91. The number of hydrogen-bond acceptors (Lipinski definition) is 4. The smallest absolute Gasteiger partial charge is 0.256 e. The molecule has 2 aromatic heterocycles. The summed E-state index contributed by atoms with van der Waals surface area (Å²) in [6, 6.07) is 4.78. The normalized spacial score (nSPS) is 16.0. The Labute approximate surface area is 173 Å². The van der Waals surface area contributed by atoms with E-state index in [4.69, 9.17) is 0 Å². The Morgan fingerprint density at radius 3 is 2.86 bits per heavy atom. The Hall–Kier alpha value is -2.54. The third-order valence-corrected chi connectivity index (χ3v) is 6.98. The summed E-state index contributed by atoms with van der Waals surface area (Å²) in [5.74, 6) is 1.05. The topological polar surface area (TPSA) is 59.8 Å². The first kappa shape index (κ1) is 18.5. The van der Waals surface area contributed by atoms with Gasteiger partial charge in [0.1, 0.15) is 11.6 Å². The molecule has 3 heterocycles. The Morgan fingerprint density at radius 1 is 1.07 bits per heavy atom. The molecule has 5 rings (SSSR count). The lowest BCUT2D eigenvalue weighted by Gasteiger charge is -2.13. The maximum Gasteiger partial charge on any atom is 0.256 e. The van der Waals surface area contributed by atoms with Crippen LogP contribution in [0, 0.1) is 5.82 Å². The van der Waals surface area contributed by atoms with Crippen LogP contribution in [-0.4, -0.2) is 20.7 Å². The number of anilines is 1. The zero-order chi connectivity index (χ0) is 19.8.